The fourth-order valence-electron chi connectivity index (χ4n) is 4.41. The molecule has 0 aliphatic carbocycles. The molecule has 1 aliphatic rings. The molecule has 4 aromatic carbocycles. The van der Waals surface area contributed by atoms with E-state index < -0.39 is 11.5 Å². The first-order valence-electron chi connectivity index (χ1n) is 10.4. The quantitative estimate of drug-likeness (QED) is 0.416. The van der Waals surface area contributed by atoms with Crippen LogP contribution in [0.2, 0.25) is 5.02 Å². The summed E-state index contributed by atoms with van der Waals surface area (Å²) in [6.45, 7) is 0.300. The second-order valence-electron chi connectivity index (χ2n) is 8.01. The summed E-state index contributed by atoms with van der Waals surface area (Å²) in [6.07, 6.45) is -0.337. The molecule has 158 valence electrons. The Balaban J connectivity index is 1.51. The van der Waals surface area contributed by atoms with Crippen LogP contribution < -0.4 is 4.90 Å². The highest BCUT2D eigenvalue weighted by atomic mass is 35.5. The molecule has 0 unspecified atom stereocenters. The van der Waals surface area contributed by atoms with Crippen LogP contribution >= 0.6 is 11.6 Å². The summed E-state index contributed by atoms with van der Waals surface area (Å²) in [5.74, 6) is -0.812. The number of halogens is 1. The van der Waals surface area contributed by atoms with Crippen molar-refractivity contribution in [3.05, 3.63) is 113 Å². The molecule has 0 saturated heterocycles. The summed E-state index contributed by atoms with van der Waals surface area (Å²) in [6, 6.07) is 27.5. The van der Waals surface area contributed by atoms with Gasteiger partial charge in [0, 0.05) is 16.1 Å². The molecule has 32 heavy (non-hydrogen) atoms. The lowest BCUT2D eigenvalue weighted by molar-refractivity contribution is -0.136. The molecule has 1 heterocycles. The summed E-state index contributed by atoms with van der Waals surface area (Å²) >= 11 is 5.92. The van der Waals surface area contributed by atoms with Crippen LogP contribution in [0.25, 0.3) is 10.8 Å². The number of amides is 1. The summed E-state index contributed by atoms with van der Waals surface area (Å²) in [7, 11) is 0. The predicted molar refractivity (Wildman–Crippen MR) is 126 cm³/mol. The van der Waals surface area contributed by atoms with Crippen LogP contribution in [0.15, 0.2) is 91.0 Å². The zero-order valence-corrected chi connectivity index (χ0v) is 17.9. The molecule has 0 radical (unpaired) electrons. The van der Waals surface area contributed by atoms with E-state index >= 15 is 0 Å². The van der Waals surface area contributed by atoms with Crippen LogP contribution in [0.3, 0.4) is 0 Å². The molecule has 5 rings (SSSR count). The minimum Gasteiger partial charge on any atom is -0.375 e. The van der Waals surface area contributed by atoms with Gasteiger partial charge in [0.1, 0.15) is 0 Å². The van der Waals surface area contributed by atoms with Crippen molar-refractivity contribution in [1.82, 2.24) is 0 Å². The number of ketones is 1. The number of anilines is 1. The molecule has 0 saturated carbocycles. The maximum Gasteiger partial charge on any atom is 0.264 e. The van der Waals surface area contributed by atoms with Gasteiger partial charge in [-0.25, -0.2) is 0 Å². The van der Waals surface area contributed by atoms with Crippen LogP contribution in [-0.2, 0) is 16.9 Å². The number of Topliss-reactive ketones (excluding diaryl/α,β-unsaturated/α-hetero) is 1. The van der Waals surface area contributed by atoms with Gasteiger partial charge < -0.3 is 10.0 Å². The maximum atomic E-state index is 13.5. The molecule has 1 aliphatic heterocycles. The number of carbonyl (C=O) groups is 2. The van der Waals surface area contributed by atoms with E-state index in [9.17, 15) is 14.7 Å². The van der Waals surface area contributed by atoms with E-state index in [2.05, 4.69) is 0 Å². The first-order chi connectivity index (χ1) is 15.5. The summed E-state index contributed by atoms with van der Waals surface area (Å²) in [5, 5.41) is 14.2. The van der Waals surface area contributed by atoms with Gasteiger partial charge in [-0.2, -0.15) is 0 Å². The monoisotopic (exact) mass is 441 g/mol. The molecule has 1 atom stereocenters. The van der Waals surface area contributed by atoms with Crippen molar-refractivity contribution in [1.29, 1.82) is 0 Å². The van der Waals surface area contributed by atoms with Crippen molar-refractivity contribution in [2.45, 2.75) is 18.6 Å². The fourth-order valence-corrected chi connectivity index (χ4v) is 4.53. The molecule has 4 nitrogen and oxygen atoms in total. The zero-order valence-electron chi connectivity index (χ0n) is 17.2. The van der Waals surface area contributed by atoms with Crippen molar-refractivity contribution in [2.24, 2.45) is 0 Å². The van der Waals surface area contributed by atoms with Gasteiger partial charge in [-0.3, -0.25) is 9.59 Å². The molecule has 0 fully saturated rings. The Kier molecular flexibility index (Phi) is 5.04. The van der Waals surface area contributed by atoms with Crippen LogP contribution in [0.1, 0.15) is 27.9 Å². The van der Waals surface area contributed by atoms with Gasteiger partial charge in [0.05, 0.1) is 18.7 Å². The topological polar surface area (TPSA) is 57.6 Å². The molecule has 0 aromatic heterocycles. The lowest BCUT2D eigenvalue weighted by Gasteiger charge is -2.23. The van der Waals surface area contributed by atoms with Gasteiger partial charge in [-0.1, -0.05) is 72.3 Å². The van der Waals surface area contributed by atoms with E-state index in [0.29, 0.717) is 28.4 Å². The van der Waals surface area contributed by atoms with Crippen molar-refractivity contribution in [3.8, 4) is 0 Å². The highest BCUT2D eigenvalue weighted by Crippen LogP contribution is 2.43. The third-order valence-corrected chi connectivity index (χ3v) is 6.28. The van der Waals surface area contributed by atoms with Gasteiger partial charge in [0.25, 0.3) is 5.91 Å². The molecule has 4 aromatic rings. The smallest absolute Gasteiger partial charge is 0.264 e. The van der Waals surface area contributed by atoms with Gasteiger partial charge in [0.15, 0.2) is 11.4 Å². The lowest BCUT2D eigenvalue weighted by Crippen LogP contribution is -2.41. The Morgan fingerprint density at radius 3 is 2.38 bits per heavy atom. The van der Waals surface area contributed by atoms with E-state index in [-0.39, 0.29) is 12.2 Å². The van der Waals surface area contributed by atoms with Crippen molar-refractivity contribution in [3.63, 3.8) is 0 Å². The van der Waals surface area contributed by atoms with Gasteiger partial charge in [-0.15, -0.1) is 0 Å². The first kappa shape index (κ1) is 20.4. The normalized spacial score (nSPS) is 17.6. The Morgan fingerprint density at radius 1 is 0.875 bits per heavy atom. The number of nitrogens with zero attached hydrogens (tertiary/aromatic N) is 1. The molecular formula is C27H20ClNO3. The van der Waals surface area contributed by atoms with Crippen molar-refractivity contribution >= 4 is 39.8 Å². The third kappa shape index (κ3) is 3.38. The maximum absolute atomic E-state index is 13.5. The average molecular weight is 442 g/mol. The Bertz CT molecular complexity index is 1340. The standard InChI is InChI=1S/C27H20ClNO3/c28-21-14-12-19(13-15-21)25(30)16-27(32)23-10-3-4-11-24(23)29(26(27)31)17-20-8-5-7-18-6-1-2-9-22(18)20/h1-15,32H,16-17H2/t27-/m1/s1. The molecule has 5 heteroatoms. The zero-order chi connectivity index (χ0) is 22.3. The number of aliphatic hydroxyl groups is 1. The van der Waals surface area contributed by atoms with E-state index in [1.165, 1.54) is 0 Å². The number of carbonyl (C=O) groups excluding carboxylic acids is 2. The molecular weight excluding hydrogens is 422 g/mol. The van der Waals surface area contributed by atoms with Gasteiger partial charge in [-0.05, 0) is 46.7 Å². The number of hydrogen-bond acceptors (Lipinski definition) is 3. The van der Waals surface area contributed by atoms with Crippen LogP contribution in [-0.4, -0.2) is 16.8 Å². The SMILES string of the molecule is O=C(C[C@]1(O)C(=O)N(Cc2cccc3ccccc23)c2ccccc21)c1ccc(Cl)cc1. The van der Waals surface area contributed by atoms with Crippen molar-refractivity contribution in [2.75, 3.05) is 4.90 Å². The second kappa shape index (κ2) is 7.90. The number of para-hydroxylation sites is 1. The van der Waals surface area contributed by atoms with Crippen molar-refractivity contribution < 1.29 is 14.7 Å². The summed E-state index contributed by atoms with van der Waals surface area (Å²) in [4.78, 5) is 28.1. The van der Waals surface area contributed by atoms with Crippen LogP contribution in [0, 0.1) is 0 Å². The highest BCUT2D eigenvalue weighted by Gasteiger charge is 2.50. The Labute approximate surface area is 190 Å². The van der Waals surface area contributed by atoms with Crippen LogP contribution in [0.4, 0.5) is 5.69 Å². The number of rotatable bonds is 5. The molecule has 0 spiro atoms. The van der Waals surface area contributed by atoms with E-state index in [0.717, 1.165) is 16.3 Å². The predicted octanol–water partition coefficient (Wildman–Crippen LogP) is 5.50. The fraction of sp³-hybridized carbons (Fsp3) is 0.111. The summed E-state index contributed by atoms with van der Waals surface area (Å²) < 4.78 is 0. The van der Waals surface area contributed by atoms with Gasteiger partial charge in [0.2, 0.25) is 0 Å². The van der Waals surface area contributed by atoms with Gasteiger partial charge >= 0.3 is 0 Å². The molecule has 0 bridgehead atoms. The Morgan fingerprint density at radius 2 is 1.56 bits per heavy atom. The number of hydrogen-bond donors (Lipinski definition) is 1. The number of fused-ring (bicyclic) bond motifs is 2. The minimum absolute atomic E-state index is 0.300. The summed E-state index contributed by atoms with van der Waals surface area (Å²) in [5.41, 5.74) is 0.530. The number of benzene rings is 4. The van der Waals surface area contributed by atoms with E-state index in [4.69, 9.17) is 11.6 Å². The highest BCUT2D eigenvalue weighted by molar-refractivity contribution is 6.30. The first-order valence-corrected chi connectivity index (χ1v) is 10.7. The molecule has 1 amide bonds. The second-order valence-corrected chi connectivity index (χ2v) is 8.45. The third-order valence-electron chi connectivity index (χ3n) is 6.03. The van der Waals surface area contributed by atoms with Crippen LogP contribution in [0.5, 0.6) is 0 Å². The average Bonchev–Trinajstić information content (AvgIpc) is 3.01. The van der Waals surface area contributed by atoms with E-state index in [1.807, 2.05) is 54.6 Å². The van der Waals surface area contributed by atoms with E-state index in [1.54, 1.807) is 41.3 Å². The minimum atomic E-state index is -1.92. The molecule has 1 N–H and O–H groups in total. The lowest BCUT2D eigenvalue weighted by atomic mass is 9.88. The Hall–Kier alpha value is -3.47. The largest absolute Gasteiger partial charge is 0.375 e.